The highest BCUT2D eigenvalue weighted by molar-refractivity contribution is 6.18. The lowest BCUT2D eigenvalue weighted by molar-refractivity contribution is -0.146. The first kappa shape index (κ1) is 14.8. The summed E-state index contributed by atoms with van der Waals surface area (Å²) >= 11 is 5.55. The van der Waals surface area contributed by atoms with E-state index in [4.69, 9.17) is 25.8 Å². The van der Waals surface area contributed by atoms with E-state index in [0.29, 0.717) is 30.6 Å². The molecule has 0 aliphatic rings. The summed E-state index contributed by atoms with van der Waals surface area (Å²) in [6.45, 7) is 4.28. The van der Waals surface area contributed by atoms with Crippen molar-refractivity contribution in [3.63, 3.8) is 0 Å². The second-order valence-corrected chi connectivity index (χ2v) is 3.88. The van der Waals surface area contributed by atoms with Crippen molar-refractivity contribution >= 4 is 17.6 Å². The zero-order valence-electron chi connectivity index (χ0n) is 10.5. The lowest BCUT2D eigenvalue weighted by atomic mass is 10.3. The van der Waals surface area contributed by atoms with Crippen LogP contribution in [0.15, 0.2) is 24.3 Å². The maximum absolute atomic E-state index is 11.7. The molecule has 1 rings (SSSR count). The van der Waals surface area contributed by atoms with Gasteiger partial charge in [0.1, 0.15) is 6.61 Å². The highest BCUT2D eigenvalue weighted by atomic mass is 35.5. The summed E-state index contributed by atoms with van der Waals surface area (Å²) in [5, 5.41) is 0. The van der Waals surface area contributed by atoms with E-state index in [9.17, 15) is 4.79 Å². The van der Waals surface area contributed by atoms with Crippen LogP contribution in [0, 0.1) is 0 Å². The van der Waals surface area contributed by atoms with Gasteiger partial charge in [-0.3, -0.25) is 0 Å². The molecule has 1 aromatic carbocycles. The number of ether oxygens (including phenoxy) is 3. The fourth-order valence-electron chi connectivity index (χ4n) is 1.31. The molecule has 18 heavy (non-hydrogen) atoms. The third-order valence-corrected chi connectivity index (χ3v) is 2.30. The normalized spacial score (nSPS) is 11.9. The second kappa shape index (κ2) is 7.95. The van der Waals surface area contributed by atoms with Crippen LogP contribution in [0.3, 0.4) is 0 Å². The van der Waals surface area contributed by atoms with Crippen molar-refractivity contribution in [3.05, 3.63) is 24.3 Å². The molecule has 4 nitrogen and oxygen atoms in total. The topological polar surface area (TPSA) is 44.8 Å². The van der Waals surface area contributed by atoms with Crippen LogP contribution in [-0.2, 0) is 9.53 Å². The predicted octanol–water partition coefficient (Wildman–Crippen LogP) is 2.63. The van der Waals surface area contributed by atoms with E-state index in [2.05, 4.69) is 0 Å². The molecule has 0 saturated heterocycles. The van der Waals surface area contributed by atoms with Crippen LogP contribution in [0.1, 0.15) is 13.8 Å². The summed E-state index contributed by atoms with van der Waals surface area (Å²) in [6, 6.07) is 6.95. The number of carbonyl (C=O) groups excluding carboxylic acids is 1. The second-order valence-electron chi connectivity index (χ2n) is 3.50. The Hall–Kier alpha value is -1.26. The smallest absolute Gasteiger partial charge is 0.340 e. The third-order valence-electron chi connectivity index (χ3n) is 2.14. The Morgan fingerprint density at radius 2 is 2.00 bits per heavy atom. The number of alkyl halides is 1. The highest BCUT2D eigenvalue weighted by Crippen LogP contribution is 2.26. The fourth-order valence-corrected chi connectivity index (χ4v) is 1.39. The first-order valence-corrected chi connectivity index (χ1v) is 6.33. The van der Waals surface area contributed by atoms with Crippen molar-refractivity contribution in [2.75, 3.05) is 19.1 Å². The zero-order chi connectivity index (χ0) is 13.4. The summed E-state index contributed by atoms with van der Waals surface area (Å²) in [6.07, 6.45) is -0.601. The van der Waals surface area contributed by atoms with Gasteiger partial charge in [-0.1, -0.05) is 12.1 Å². The first-order valence-electron chi connectivity index (χ1n) is 5.80. The molecule has 0 spiro atoms. The molecule has 0 heterocycles. The van der Waals surface area contributed by atoms with E-state index < -0.39 is 12.1 Å². The number of halogens is 1. The Kier molecular flexibility index (Phi) is 6.54. The largest absolute Gasteiger partial charge is 0.488 e. The number of benzene rings is 1. The monoisotopic (exact) mass is 272 g/mol. The lowest BCUT2D eigenvalue weighted by Gasteiger charge is -2.13. The average Bonchev–Trinajstić information content (AvgIpc) is 2.38. The molecule has 0 saturated carbocycles. The van der Waals surface area contributed by atoms with Crippen LogP contribution < -0.4 is 9.47 Å². The third kappa shape index (κ3) is 4.55. The van der Waals surface area contributed by atoms with Crippen molar-refractivity contribution in [2.45, 2.75) is 20.0 Å². The predicted molar refractivity (Wildman–Crippen MR) is 69.4 cm³/mol. The molecule has 100 valence electrons. The van der Waals surface area contributed by atoms with Gasteiger partial charge in [-0.05, 0) is 26.0 Å². The molecule has 0 fully saturated rings. The maximum Gasteiger partial charge on any atom is 0.340 e. The van der Waals surface area contributed by atoms with Gasteiger partial charge in [-0.2, -0.15) is 0 Å². The van der Waals surface area contributed by atoms with Crippen molar-refractivity contribution in [3.8, 4) is 11.5 Å². The van der Waals surface area contributed by atoms with Gasteiger partial charge in [0.05, 0.1) is 5.88 Å². The Balaban J connectivity index is 2.68. The van der Waals surface area contributed by atoms with Crippen molar-refractivity contribution in [2.24, 2.45) is 0 Å². The summed E-state index contributed by atoms with van der Waals surface area (Å²) in [5.41, 5.74) is 0. The summed E-state index contributed by atoms with van der Waals surface area (Å²) in [4.78, 5) is 11.7. The van der Waals surface area contributed by atoms with Crippen LogP contribution in [0.4, 0.5) is 0 Å². The maximum atomic E-state index is 11.7. The molecule has 1 atom stereocenters. The number of rotatable bonds is 7. The van der Waals surface area contributed by atoms with Gasteiger partial charge >= 0.3 is 5.97 Å². The van der Waals surface area contributed by atoms with Crippen LogP contribution in [0.5, 0.6) is 11.5 Å². The molecule has 0 aromatic heterocycles. The highest BCUT2D eigenvalue weighted by Gasteiger charge is 2.17. The van der Waals surface area contributed by atoms with Gasteiger partial charge in [-0.25, -0.2) is 4.79 Å². The molecule has 5 heteroatoms. The van der Waals surface area contributed by atoms with Crippen LogP contribution in [-0.4, -0.2) is 31.2 Å². The summed E-state index contributed by atoms with van der Waals surface area (Å²) in [7, 11) is 0. The molecule has 0 amide bonds. The molecule has 1 unspecified atom stereocenters. The Labute approximate surface area is 112 Å². The van der Waals surface area contributed by atoms with Gasteiger partial charge in [-0.15, -0.1) is 11.6 Å². The number of para-hydroxylation sites is 2. The molecule has 0 bridgehead atoms. The summed E-state index contributed by atoms with van der Waals surface area (Å²) < 4.78 is 15.8. The van der Waals surface area contributed by atoms with Gasteiger partial charge in [0, 0.05) is 6.61 Å². The van der Waals surface area contributed by atoms with E-state index in [0.717, 1.165) is 0 Å². The van der Waals surface area contributed by atoms with Crippen molar-refractivity contribution in [1.29, 1.82) is 0 Å². The van der Waals surface area contributed by atoms with Crippen molar-refractivity contribution in [1.82, 2.24) is 0 Å². The van der Waals surface area contributed by atoms with E-state index in [-0.39, 0.29) is 0 Å². The van der Waals surface area contributed by atoms with Gasteiger partial charge in [0.25, 0.3) is 0 Å². The molecule has 0 N–H and O–H groups in total. The van der Waals surface area contributed by atoms with E-state index in [1.807, 2.05) is 6.92 Å². The van der Waals surface area contributed by atoms with E-state index >= 15 is 0 Å². The summed E-state index contributed by atoms with van der Waals surface area (Å²) in [5.74, 6) is 0.797. The lowest BCUT2D eigenvalue weighted by Crippen LogP contribution is -2.26. The molecule has 1 aromatic rings. The van der Waals surface area contributed by atoms with E-state index in [1.54, 1.807) is 31.2 Å². The SMILES string of the molecule is CCOC(C)C(=O)Oc1ccccc1OCCCl. The molecule has 0 aliphatic carbocycles. The number of hydrogen-bond acceptors (Lipinski definition) is 4. The number of hydrogen-bond donors (Lipinski definition) is 0. The number of esters is 1. The van der Waals surface area contributed by atoms with Gasteiger partial charge < -0.3 is 14.2 Å². The average molecular weight is 273 g/mol. The molecule has 0 aliphatic heterocycles. The van der Waals surface area contributed by atoms with Crippen LogP contribution >= 0.6 is 11.6 Å². The van der Waals surface area contributed by atoms with Crippen LogP contribution in [0.25, 0.3) is 0 Å². The van der Waals surface area contributed by atoms with Crippen molar-refractivity contribution < 1.29 is 19.0 Å². The fraction of sp³-hybridized carbons (Fsp3) is 0.462. The first-order chi connectivity index (χ1) is 8.69. The Morgan fingerprint density at radius 3 is 2.61 bits per heavy atom. The minimum Gasteiger partial charge on any atom is -0.488 e. The quantitative estimate of drug-likeness (QED) is 0.435. The van der Waals surface area contributed by atoms with Gasteiger partial charge in [0.2, 0.25) is 0 Å². The van der Waals surface area contributed by atoms with Gasteiger partial charge in [0.15, 0.2) is 17.6 Å². The minimum atomic E-state index is -0.601. The van der Waals surface area contributed by atoms with Crippen LogP contribution in [0.2, 0.25) is 0 Å². The minimum absolute atomic E-state index is 0.358. The molecular weight excluding hydrogens is 256 g/mol. The molecular formula is C13H17ClO4. The van der Waals surface area contributed by atoms with E-state index in [1.165, 1.54) is 0 Å². The number of carbonyl (C=O) groups is 1. The Bertz CT molecular complexity index is 381. The standard InChI is InChI=1S/C13H17ClO4/c1-3-16-10(2)13(15)18-12-7-5-4-6-11(12)17-9-8-14/h4-7,10H,3,8-9H2,1-2H3. The zero-order valence-corrected chi connectivity index (χ0v) is 11.3. The Morgan fingerprint density at radius 1 is 1.33 bits per heavy atom. The molecule has 0 radical (unpaired) electrons.